The monoisotopic (exact) mass is 251 g/mol. The Morgan fingerprint density at radius 1 is 1.22 bits per heavy atom. The summed E-state index contributed by atoms with van der Waals surface area (Å²) in [4.78, 5) is 2.45. The number of likely N-dealkylation sites (tertiary alicyclic amines) is 1. The van der Waals surface area contributed by atoms with Gasteiger partial charge in [-0.3, -0.25) is 0 Å². The van der Waals surface area contributed by atoms with Crippen molar-refractivity contribution in [2.75, 3.05) is 26.7 Å². The lowest BCUT2D eigenvalue weighted by atomic mass is 9.77. The van der Waals surface area contributed by atoms with Crippen molar-refractivity contribution in [3.63, 3.8) is 0 Å². The van der Waals surface area contributed by atoms with Crippen molar-refractivity contribution in [1.29, 1.82) is 5.26 Å². The van der Waals surface area contributed by atoms with Gasteiger partial charge in [0.25, 0.3) is 0 Å². The second-order valence-electron chi connectivity index (χ2n) is 6.96. The third-order valence-corrected chi connectivity index (χ3v) is 4.38. The Hall–Kier alpha value is -0.590. The lowest BCUT2D eigenvalue weighted by molar-refractivity contribution is 0.198. The minimum atomic E-state index is -0.415. The van der Waals surface area contributed by atoms with E-state index in [1.807, 2.05) is 14.0 Å². The van der Waals surface area contributed by atoms with Crippen LogP contribution in [0.1, 0.15) is 47.0 Å². The minimum absolute atomic E-state index is 0.414. The lowest BCUT2D eigenvalue weighted by Gasteiger charge is -2.31. The molecular weight excluding hydrogens is 222 g/mol. The van der Waals surface area contributed by atoms with Gasteiger partial charge in [-0.05, 0) is 57.7 Å². The van der Waals surface area contributed by atoms with E-state index in [1.54, 1.807) is 0 Å². The molecule has 1 N–H and O–H groups in total. The zero-order valence-electron chi connectivity index (χ0n) is 12.7. The Balaban J connectivity index is 2.56. The van der Waals surface area contributed by atoms with Crippen LogP contribution in [0, 0.1) is 22.7 Å². The van der Waals surface area contributed by atoms with Gasteiger partial charge >= 0.3 is 0 Å². The van der Waals surface area contributed by atoms with Crippen LogP contribution < -0.4 is 5.32 Å². The zero-order valence-corrected chi connectivity index (χ0v) is 12.7. The fraction of sp³-hybridized carbons (Fsp3) is 0.933. The summed E-state index contributed by atoms with van der Waals surface area (Å²) in [6.45, 7) is 12.1. The Kier molecular flexibility index (Phi) is 5.19. The first-order valence-electron chi connectivity index (χ1n) is 7.13. The van der Waals surface area contributed by atoms with Crippen molar-refractivity contribution < 1.29 is 0 Å². The fourth-order valence-electron chi connectivity index (χ4n) is 2.80. The van der Waals surface area contributed by atoms with E-state index in [9.17, 15) is 5.26 Å². The van der Waals surface area contributed by atoms with Gasteiger partial charge in [0.15, 0.2) is 0 Å². The fourth-order valence-corrected chi connectivity index (χ4v) is 2.80. The maximum Gasteiger partial charge on any atom is 0.116 e. The van der Waals surface area contributed by atoms with Gasteiger partial charge in [0.2, 0.25) is 0 Å². The number of rotatable bonds is 3. The van der Waals surface area contributed by atoms with Crippen LogP contribution in [-0.4, -0.2) is 37.1 Å². The van der Waals surface area contributed by atoms with Gasteiger partial charge in [0.1, 0.15) is 5.54 Å². The molecular formula is C15H29N3. The van der Waals surface area contributed by atoms with Gasteiger partial charge in [-0.1, -0.05) is 20.8 Å². The normalized spacial score (nSPS) is 26.1. The van der Waals surface area contributed by atoms with E-state index in [1.165, 1.54) is 19.3 Å². The molecule has 0 aromatic heterocycles. The highest BCUT2D eigenvalue weighted by Crippen LogP contribution is 2.34. The van der Waals surface area contributed by atoms with E-state index < -0.39 is 5.54 Å². The van der Waals surface area contributed by atoms with Gasteiger partial charge < -0.3 is 10.2 Å². The molecule has 1 aliphatic heterocycles. The second-order valence-corrected chi connectivity index (χ2v) is 6.96. The quantitative estimate of drug-likeness (QED) is 0.838. The molecule has 18 heavy (non-hydrogen) atoms. The predicted octanol–water partition coefficient (Wildman–Crippen LogP) is 2.64. The molecule has 2 atom stereocenters. The predicted molar refractivity (Wildman–Crippen MR) is 76.3 cm³/mol. The molecule has 0 radical (unpaired) electrons. The molecule has 3 heteroatoms. The highest BCUT2D eigenvalue weighted by atomic mass is 15.2. The third-order valence-electron chi connectivity index (χ3n) is 4.38. The summed E-state index contributed by atoms with van der Waals surface area (Å²) in [5.74, 6) is 0.811. The molecule has 1 aliphatic rings. The van der Waals surface area contributed by atoms with E-state index in [-0.39, 0.29) is 0 Å². The average Bonchev–Trinajstić information content (AvgIpc) is 2.54. The number of likely N-dealkylation sites (N-methyl/N-ethyl adjacent to an activating group) is 1. The summed E-state index contributed by atoms with van der Waals surface area (Å²) in [6, 6.07) is 2.38. The van der Waals surface area contributed by atoms with Gasteiger partial charge in [0.05, 0.1) is 6.07 Å². The maximum absolute atomic E-state index is 9.23. The van der Waals surface area contributed by atoms with Crippen LogP contribution in [-0.2, 0) is 0 Å². The van der Waals surface area contributed by atoms with Crippen molar-refractivity contribution in [2.24, 2.45) is 11.3 Å². The summed E-state index contributed by atoms with van der Waals surface area (Å²) in [5.41, 5.74) is -0.000876. The van der Waals surface area contributed by atoms with Gasteiger partial charge in [-0.15, -0.1) is 0 Å². The minimum Gasteiger partial charge on any atom is -0.302 e. The molecule has 0 bridgehead atoms. The number of nitrogens with zero attached hydrogens (tertiary/aromatic N) is 2. The Morgan fingerprint density at radius 2 is 1.89 bits per heavy atom. The second kappa shape index (κ2) is 6.04. The molecule has 0 aromatic carbocycles. The topological polar surface area (TPSA) is 39.1 Å². The maximum atomic E-state index is 9.23. The molecule has 104 valence electrons. The molecule has 1 saturated heterocycles. The third kappa shape index (κ3) is 4.26. The van der Waals surface area contributed by atoms with Crippen LogP contribution in [0.25, 0.3) is 0 Å². The standard InChI is InChI=1S/C15H29N3/c1-14(2,3)13-7-6-9-18(10-8-13)12-15(4,11-16)17-5/h13,17H,6-10,12H2,1-5H3. The summed E-state index contributed by atoms with van der Waals surface area (Å²) in [7, 11) is 1.87. The highest BCUT2D eigenvalue weighted by molar-refractivity contribution is 5.05. The molecule has 3 nitrogen and oxygen atoms in total. The zero-order chi connectivity index (χ0) is 13.8. The number of nitrogens with one attached hydrogen (secondary N) is 1. The first kappa shape index (κ1) is 15.5. The van der Waals surface area contributed by atoms with Crippen LogP contribution in [0.3, 0.4) is 0 Å². The van der Waals surface area contributed by atoms with E-state index in [4.69, 9.17) is 0 Å². The van der Waals surface area contributed by atoms with Crippen LogP contribution in [0.15, 0.2) is 0 Å². The summed E-state index contributed by atoms with van der Waals surface area (Å²) < 4.78 is 0. The average molecular weight is 251 g/mol. The molecule has 1 rings (SSSR count). The van der Waals surface area contributed by atoms with Gasteiger partial charge in [0, 0.05) is 6.54 Å². The van der Waals surface area contributed by atoms with Gasteiger partial charge in [-0.2, -0.15) is 5.26 Å². The van der Waals surface area contributed by atoms with Crippen LogP contribution >= 0.6 is 0 Å². The molecule has 2 unspecified atom stereocenters. The number of hydrogen-bond acceptors (Lipinski definition) is 3. The molecule has 0 spiro atoms. The van der Waals surface area contributed by atoms with Crippen molar-refractivity contribution >= 4 is 0 Å². The van der Waals surface area contributed by atoms with Crippen LogP contribution in [0.4, 0.5) is 0 Å². The van der Waals surface area contributed by atoms with E-state index >= 15 is 0 Å². The lowest BCUT2D eigenvalue weighted by Crippen LogP contribution is -2.49. The molecule has 0 aromatic rings. The van der Waals surface area contributed by atoms with E-state index in [0.717, 1.165) is 25.6 Å². The van der Waals surface area contributed by atoms with E-state index in [2.05, 4.69) is 37.1 Å². The van der Waals surface area contributed by atoms with Crippen LogP contribution in [0.2, 0.25) is 0 Å². The first-order valence-corrected chi connectivity index (χ1v) is 7.13. The molecule has 0 amide bonds. The van der Waals surface area contributed by atoms with Crippen LogP contribution in [0.5, 0.6) is 0 Å². The largest absolute Gasteiger partial charge is 0.302 e. The van der Waals surface area contributed by atoms with Crippen molar-refractivity contribution in [2.45, 2.75) is 52.5 Å². The Bertz CT molecular complexity index is 300. The van der Waals surface area contributed by atoms with Gasteiger partial charge in [-0.25, -0.2) is 0 Å². The number of nitriles is 1. The Morgan fingerprint density at radius 3 is 2.39 bits per heavy atom. The molecule has 0 aliphatic carbocycles. The summed E-state index contributed by atoms with van der Waals surface area (Å²) in [5, 5.41) is 12.4. The van der Waals surface area contributed by atoms with Crippen molar-refractivity contribution in [3.05, 3.63) is 0 Å². The van der Waals surface area contributed by atoms with E-state index in [0.29, 0.717) is 5.41 Å². The smallest absolute Gasteiger partial charge is 0.116 e. The SMILES string of the molecule is CNC(C)(C#N)CN1CCCC(C(C)(C)C)CC1. The number of hydrogen-bond donors (Lipinski definition) is 1. The molecule has 1 fully saturated rings. The first-order chi connectivity index (χ1) is 8.30. The van der Waals surface area contributed by atoms with Crippen molar-refractivity contribution in [1.82, 2.24) is 10.2 Å². The molecule has 1 heterocycles. The molecule has 0 saturated carbocycles. The summed E-state index contributed by atoms with van der Waals surface area (Å²) in [6.07, 6.45) is 3.84. The summed E-state index contributed by atoms with van der Waals surface area (Å²) >= 11 is 0. The van der Waals surface area contributed by atoms with Crippen molar-refractivity contribution in [3.8, 4) is 6.07 Å². The Labute approximate surface area is 113 Å². The highest BCUT2D eigenvalue weighted by Gasteiger charge is 2.30.